The molecule has 4 aromatic rings. The van der Waals surface area contributed by atoms with E-state index in [9.17, 15) is 28.0 Å². The van der Waals surface area contributed by atoms with Gasteiger partial charge in [0, 0.05) is 6.08 Å². The molecule has 0 radical (unpaired) electrons. The first-order chi connectivity index (χ1) is 18.5. The van der Waals surface area contributed by atoms with Gasteiger partial charge in [-0.3, -0.25) is 4.79 Å². The lowest BCUT2D eigenvalue weighted by atomic mass is 9.98. The Kier molecular flexibility index (Phi) is 7.54. The maximum atomic E-state index is 13.9. The van der Waals surface area contributed by atoms with Crippen LogP contribution in [0.5, 0.6) is 0 Å². The zero-order valence-electron chi connectivity index (χ0n) is 21.1. The van der Waals surface area contributed by atoms with Gasteiger partial charge in [-0.15, -0.1) is 0 Å². The van der Waals surface area contributed by atoms with E-state index in [0.717, 1.165) is 34.4 Å². The molecule has 4 rings (SSSR count). The summed E-state index contributed by atoms with van der Waals surface area (Å²) in [5, 5.41) is 18.3. The van der Waals surface area contributed by atoms with Crippen LogP contribution < -0.4 is 5.56 Å². The third-order valence-corrected chi connectivity index (χ3v) is 6.36. The fourth-order valence-electron chi connectivity index (χ4n) is 4.38. The predicted molar refractivity (Wildman–Crippen MR) is 143 cm³/mol. The second-order valence-corrected chi connectivity index (χ2v) is 9.12. The van der Waals surface area contributed by atoms with Crippen molar-refractivity contribution in [1.82, 2.24) is 4.57 Å². The normalized spacial score (nSPS) is 11.5. The van der Waals surface area contributed by atoms with Gasteiger partial charge in [-0.05, 0) is 65.4 Å². The molecule has 1 N–H and O–H groups in total. The van der Waals surface area contributed by atoms with Crippen molar-refractivity contribution in [1.29, 1.82) is 5.26 Å². The molecule has 0 amide bonds. The standard InChI is InChI=1S/C31H23F3N2O3/c1-19-6-10-25(20(2)14-19)18-36-28(16-27(31(32,33)34)26(17-35)30(36)39)24-5-3-4-23(15-24)22-11-7-21(8-12-22)9-13-29(37)38/h3-16H,18H2,1-2H3,(H,37,38)/b13-9+. The quantitative estimate of drug-likeness (QED) is 0.278. The number of hydrogen-bond acceptors (Lipinski definition) is 3. The molecular formula is C31H23F3N2O3. The predicted octanol–water partition coefficient (Wildman–Crippen LogP) is 6.84. The number of nitrogens with zero attached hydrogens (tertiary/aromatic N) is 2. The molecule has 0 aliphatic rings. The molecule has 5 nitrogen and oxygen atoms in total. The van der Waals surface area contributed by atoms with Crippen LogP contribution in [0.25, 0.3) is 28.5 Å². The molecule has 8 heteroatoms. The van der Waals surface area contributed by atoms with Crippen molar-refractivity contribution >= 4 is 12.0 Å². The van der Waals surface area contributed by atoms with E-state index in [4.69, 9.17) is 5.11 Å². The van der Waals surface area contributed by atoms with E-state index in [-0.39, 0.29) is 12.2 Å². The number of rotatable bonds is 6. The number of alkyl halides is 3. The number of nitriles is 1. The van der Waals surface area contributed by atoms with Gasteiger partial charge in [-0.2, -0.15) is 18.4 Å². The molecule has 39 heavy (non-hydrogen) atoms. The number of pyridine rings is 1. The lowest BCUT2D eigenvalue weighted by Crippen LogP contribution is -2.29. The summed E-state index contributed by atoms with van der Waals surface area (Å²) in [6, 6.07) is 21.7. The smallest absolute Gasteiger partial charge is 0.417 e. The maximum Gasteiger partial charge on any atom is 0.417 e. The fourth-order valence-corrected chi connectivity index (χ4v) is 4.38. The van der Waals surface area contributed by atoms with Crippen LogP contribution in [0.1, 0.15) is 33.4 Å². The van der Waals surface area contributed by atoms with Gasteiger partial charge in [0.25, 0.3) is 5.56 Å². The summed E-state index contributed by atoms with van der Waals surface area (Å²) in [5.41, 5.74) is 1.90. The summed E-state index contributed by atoms with van der Waals surface area (Å²) < 4.78 is 43.0. The largest absolute Gasteiger partial charge is 0.478 e. The molecular weight excluding hydrogens is 505 g/mol. The lowest BCUT2D eigenvalue weighted by Gasteiger charge is -2.19. The number of carboxylic acids is 1. The van der Waals surface area contributed by atoms with E-state index >= 15 is 0 Å². The second kappa shape index (κ2) is 10.8. The second-order valence-electron chi connectivity index (χ2n) is 9.12. The van der Waals surface area contributed by atoms with Crippen molar-refractivity contribution in [3.63, 3.8) is 0 Å². The molecule has 0 saturated carbocycles. The van der Waals surface area contributed by atoms with E-state index in [1.807, 2.05) is 32.0 Å². The highest BCUT2D eigenvalue weighted by molar-refractivity contribution is 5.85. The van der Waals surface area contributed by atoms with Gasteiger partial charge < -0.3 is 9.67 Å². The molecule has 0 saturated heterocycles. The SMILES string of the molecule is Cc1ccc(Cn2c(-c3cccc(-c4ccc(/C=C/C(=O)O)cc4)c3)cc(C(F)(F)F)c(C#N)c2=O)c(C)c1. The monoisotopic (exact) mass is 528 g/mol. The van der Waals surface area contributed by atoms with E-state index in [2.05, 4.69) is 0 Å². The summed E-state index contributed by atoms with van der Waals surface area (Å²) in [7, 11) is 0. The van der Waals surface area contributed by atoms with Crippen LogP contribution in [-0.2, 0) is 17.5 Å². The fraction of sp³-hybridized carbons (Fsp3) is 0.129. The Labute approximate surface area is 222 Å². The van der Waals surface area contributed by atoms with Crippen molar-refractivity contribution < 1.29 is 23.1 Å². The average Bonchev–Trinajstić information content (AvgIpc) is 2.89. The molecule has 0 fully saturated rings. The Hall–Kier alpha value is -4.90. The highest BCUT2D eigenvalue weighted by atomic mass is 19.4. The van der Waals surface area contributed by atoms with E-state index in [1.165, 1.54) is 16.7 Å². The van der Waals surface area contributed by atoms with Crippen molar-refractivity contribution in [2.75, 3.05) is 0 Å². The van der Waals surface area contributed by atoms with Crippen molar-refractivity contribution in [2.45, 2.75) is 26.6 Å². The van der Waals surface area contributed by atoms with Crippen LogP contribution in [0, 0.1) is 25.2 Å². The molecule has 3 aromatic carbocycles. The average molecular weight is 529 g/mol. The molecule has 1 heterocycles. The number of aliphatic carboxylic acids is 1. The van der Waals surface area contributed by atoms with Gasteiger partial charge in [-0.25, -0.2) is 4.79 Å². The first-order valence-corrected chi connectivity index (χ1v) is 11.9. The number of aromatic nitrogens is 1. The molecule has 196 valence electrons. The van der Waals surface area contributed by atoms with E-state index in [1.54, 1.807) is 48.5 Å². The van der Waals surface area contributed by atoms with Crippen molar-refractivity contribution in [3.05, 3.63) is 123 Å². The Morgan fingerprint density at radius 2 is 1.67 bits per heavy atom. The van der Waals surface area contributed by atoms with Gasteiger partial charge in [0.1, 0.15) is 11.6 Å². The Bertz CT molecular complexity index is 1690. The maximum absolute atomic E-state index is 13.9. The van der Waals surface area contributed by atoms with Crippen LogP contribution in [0.3, 0.4) is 0 Å². The van der Waals surface area contributed by atoms with Crippen LogP contribution in [0.15, 0.2) is 83.7 Å². The highest BCUT2D eigenvalue weighted by Crippen LogP contribution is 2.35. The summed E-state index contributed by atoms with van der Waals surface area (Å²) in [6.07, 6.45) is -2.42. The first kappa shape index (κ1) is 27.1. The number of carbonyl (C=O) groups is 1. The van der Waals surface area contributed by atoms with E-state index < -0.39 is 28.8 Å². The molecule has 0 atom stereocenters. The summed E-state index contributed by atoms with van der Waals surface area (Å²) in [4.78, 5) is 24.1. The van der Waals surface area contributed by atoms with Gasteiger partial charge in [0.05, 0.1) is 17.8 Å². The zero-order valence-corrected chi connectivity index (χ0v) is 21.1. The molecule has 1 aromatic heterocycles. The summed E-state index contributed by atoms with van der Waals surface area (Å²) in [5.74, 6) is -1.07. The van der Waals surface area contributed by atoms with Crippen molar-refractivity contribution in [2.24, 2.45) is 0 Å². The van der Waals surface area contributed by atoms with Crippen LogP contribution in [-0.4, -0.2) is 15.6 Å². The highest BCUT2D eigenvalue weighted by Gasteiger charge is 2.36. The van der Waals surface area contributed by atoms with Crippen LogP contribution in [0.2, 0.25) is 0 Å². The Morgan fingerprint density at radius 3 is 2.28 bits per heavy atom. The third-order valence-electron chi connectivity index (χ3n) is 6.36. The number of hydrogen-bond donors (Lipinski definition) is 1. The number of benzene rings is 3. The first-order valence-electron chi connectivity index (χ1n) is 11.9. The van der Waals surface area contributed by atoms with Crippen LogP contribution >= 0.6 is 0 Å². The molecule has 0 unspecified atom stereocenters. The lowest BCUT2D eigenvalue weighted by molar-refractivity contribution is -0.138. The number of aryl methyl sites for hydroxylation is 2. The summed E-state index contributed by atoms with van der Waals surface area (Å²) in [6.45, 7) is 3.76. The topological polar surface area (TPSA) is 83.1 Å². The van der Waals surface area contributed by atoms with Gasteiger partial charge in [-0.1, -0.05) is 66.2 Å². The molecule has 0 spiro atoms. The summed E-state index contributed by atoms with van der Waals surface area (Å²) >= 11 is 0. The minimum Gasteiger partial charge on any atom is -0.478 e. The molecule has 0 aliphatic carbocycles. The molecule has 0 aliphatic heterocycles. The van der Waals surface area contributed by atoms with Gasteiger partial charge >= 0.3 is 12.1 Å². The third kappa shape index (κ3) is 5.99. The zero-order chi connectivity index (χ0) is 28.3. The van der Waals surface area contributed by atoms with Gasteiger partial charge in [0.2, 0.25) is 0 Å². The minimum absolute atomic E-state index is 0.0120. The van der Waals surface area contributed by atoms with Gasteiger partial charge in [0.15, 0.2) is 0 Å². The van der Waals surface area contributed by atoms with Crippen LogP contribution in [0.4, 0.5) is 13.2 Å². The number of carboxylic acid groups (broad SMARTS) is 1. The number of halogens is 3. The van der Waals surface area contributed by atoms with E-state index in [0.29, 0.717) is 16.7 Å². The minimum atomic E-state index is -4.89. The Morgan fingerprint density at radius 1 is 0.974 bits per heavy atom. The molecule has 0 bridgehead atoms. The Balaban J connectivity index is 1.88. The van der Waals surface area contributed by atoms with Crippen molar-refractivity contribution in [3.8, 4) is 28.5 Å².